The lowest BCUT2D eigenvalue weighted by atomic mass is 10.3. The summed E-state index contributed by atoms with van der Waals surface area (Å²) in [6.45, 7) is -1.15. The monoisotopic (exact) mass is 260 g/mol. The molecule has 0 rings (SSSR count). The maximum absolute atomic E-state index is 11.6. The summed E-state index contributed by atoms with van der Waals surface area (Å²) in [7, 11) is -5.78. The minimum Gasteiger partial charge on any atom is -0.263 e. The first-order chi connectivity index (χ1) is 6.46. The Morgan fingerprint density at radius 3 is 1.80 bits per heavy atom. The second-order valence-corrected chi connectivity index (χ2v) is 4.05. The van der Waals surface area contributed by atoms with E-state index in [1.807, 2.05) is 0 Å². The second kappa shape index (κ2) is 4.56. The van der Waals surface area contributed by atoms with Gasteiger partial charge in [0, 0.05) is 6.42 Å². The average molecular weight is 260 g/mol. The summed E-state index contributed by atoms with van der Waals surface area (Å²) in [6.07, 6.45) is -6.80. The molecule has 10 heteroatoms. The second-order valence-electron chi connectivity index (χ2n) is 2.44. The third-order valence-electron chi connectivity index (χ3n) is 1.13. The van der Waals surface area contributed by atoms with Gasteiger partial charge in [0.1, 0.15) is 0 Å². The fourth-order valence-electron chi connectivity index (χ4n) is 0.508. The molecule has 0 bridgehead atoms. The molecule has 0 unspecified atom stereocenters. The molecule has 0 heterocycles. The van der Waals surface area contributed by atoms with Crippen LogP contribution in [0.2, 0.25) is 0 Å². The van der Waals surface area contributed by atoms with Crippen LogP contribution in [0, 0.1) is 0 Å². The topological polar surface area (TPSA) is 43.4 Å². The van der Waals surface area contributed by atoms with E-state index in [2.05, 4.69) is 4.18 Å². The quantitative estimate of drug-likeness (QED) is 0.337. The van der Waals surface area contributed by atoms with Gasteiger partial charge >= 0.3 is 21.8 Å². The predicted octanol–water partition coefficient (Wildman–Crippen LogP) is 2.20. The zero-order valence-electron chi connectivity index (χ0n) is 7.02. The van der Waals surface area contributed by atoms with Gasteiger partial charge in [0.25, 0.3) is 0 Å². The molecule has 0 fully saturated rings. The highest BCUT2D eigenvalue weighted by molar-refractivity contribution is 7.87. The van der Waals surface area contributed by atoms with E-state index < -0.39 is 41.3 Å². The molecule has 0 aromatic heterocycles. The highest BCUT2D eigenvalue weighted by Gasteiger charge is 2.47. The Morgan fingerprint density at radius 2 is 1.47 bits per heavy atom. The van der Waals surface area contributed by atoms with Crippen molar-refractivity contribution in [1.82, 2.24) is 0 Å². The molecule has 0 saturated carbocycles. The van der Waals surface area contributed by atoms with Gasteiger partial charge in [-0.3, -0.25) is 4.18 Å². The first kappa shape index (κ1) is 14.5. The Bertz CT molecular complexity index is 289. The van der Waals surface area contributed by atoms with Crippen LogP contribution in [-0.2, 0) is 14.3 Å². The van der Waals surface area contributed by atoms with Crippen molar-refractivity contribution in [2.75, 3.05) is 6.61 Å². The minimum absolute atomic E-state index is 0.848. The van der Waals surface area contributed by atoms with Gasteiger partial charge in [0.15, 0.2) is 0 Å². The summed E-state index contributed by atoms with van der Waals surface area (Å²) in [6, 6.07) is 0. The average Bonchev–Trinajstić information content (AvgIpc) is 1.94. The Balaban J connectivity index is 3.99. The molecule has 0 atom stereocenters. The van der Waals surface area contributed by atoms with Crippen molar-refractivity contribution in [3.8, 4) is 0 Å². The lowest BCUT2D eigenvalue weighted by Crippen LogP contribution is -2.26. The molecule has 3 nitrogen and oxygen atoms in total. The first-order valence-corrected chi connectivity index (χ1v) is 4.89. The maximum Gasteiger partial charge on any atom is 0.523 e. The first-order valence-electron chi connectivity index (χ1n) is 3.48. The molecule has 0 radical (unpaired) electrons. The van der Waals surface area contributed by atoms with E-state index in [0.29, 0.717) is 0 Å². The van der Waals surface area contributed by atoms with Crippen LogP contribution in [0.5, 0.6) is 0 Å². The van der Waals surface area contributed by atoms with Crippen molar-refractivity contribution in [2.24, 2.45) is 0 Å². The van der Waals surface area contributed by atoms with Crippen LogP contribution in [0.25, 0.3) is 0 Å². The molecule has 0 spiro atoms. The summed E-state index contributed by atoms with van der Waals surface area (Å²) in [5.41, 5.74) is -5.61. The summed E-state index contributed by atoms with van der Waals surface area (Å²) >= 11 is 0. The van der Waals surface area contributed by atoms with E-state index in [1.165, 1.54) is 0 Å². The van der Waals surface area contributed by atoms with Gasteiger partial charge in [-0.05, 0) is 6.42 Å². The largest absolute Gasteiger partial charge is 0.523 e. The van der Waals surface area contributed by atoms with Crippen molar-refractivity contribution >= 4 is 10.1 Å². The Morgan fingerprint density at radius 1 is 1.00 bits per heavy atom. The minimum atomic E-state index is -5.78. The van der Waals surface area contributed by atoms with Gasteiger partial charge in [-0.15, -0.1) is 0 Å². The maximum atomic E-state index is 11.6. The third kappa shape index (κ3) is 5.82. The number of halogens is 6. The third-order valence-corrected chi connectivity index (χ3v) is 2.17. The van der Waals surface area contributed by atoms with Gasteiger partial charge in [0.2, 0.25) is 0 Å². The standard InChI is InChI=1S/C5H6F6O3S/c6-4(7,8)2-1-3-14-15(12,13)5(9,10)11/h1-3H2. The lowest BCUT2D eigenvalue weighted by Gasteiger charge is -2.09. The van der Waals surface area contributed by atoms with Gasteiger partial charge in [0.05, 0.1) is 6.61 Å². The van der Waals surface area contributed by atoms with Crippen LogP contribution in [0.1, 0.15) is 12.8 Å². The zero-order chi connectivity index (χ0) is 12.3. The molecule has 92 valence electrons. The number of rotatable bonds is 4. The molecule has 0 amide bonds. The van der Waals surface area contributed by atoms with Crippen LogP contribution in [0.15, 0.2) is 0 Å². The summed E-state index contributed by atoms with van der Waals surface area (Å²) < 4.78 is 92.8. The molecule has 0 N–H and O–H groups in total. The molecule has 0 saturated heterocycles. The molecule has 0 aliphatic carbocycles. The van der Waals surface area contributed by atoms with Crippen LogP contribution in [0.3, 0.4) is 0 Å². The number of alkyl halides is 6. The van der Waals surface area contributed by atoms with E-state index in [0.717, 1.165) is 0 Å². The van der Waals surface area contributed by atoms with Crippen molar-refractivity contribution in [3.63, 3.8) is 0 Å². The summed E-state index contributed by atoms with van der Waals surface area (Å²) in [5.74, 6) is 0. The van der Waals surface area contributed by atoms with Gasteiger partial charge in [-0.25, -0.2) is 0 Å². The molecule has 15 heavy (non-hydrogen) atoms. The lowest BCUT2D eigenvalue weighted by molar-refractivity contribution is -0.136. The SMILES string of the molecule is O=S(=O)(OCCCC(F)(F)F)C(F)(F)F. The normalized spacial score (nSPS) is 14.3. The molecule has 0 aliphatic rings. The molecular weight excluding hydrogens is 254 g/mol. The fraction of sp³-hybridized carbons (Fsp3) is 1.00. The Labute approximate surface area is 81.1 Å². The van der Waals surface area contributed by atoms with Gasteiger partial charge < -0.3 is 0 Å². The van der Waals surface area contributed by atoms with Gasteiger partial charge in [-0.1, -0.05) is 0 Å². The Hall–Kier alpha value is -0.510. The Kier molecular flexibility index (Phi) is 4.40. The fourth-order valence-corrected chi connectivity index (χ4v) is 0.979. The summed E-state index contributed by atoms with van der Waals surface area (Å²) in [4.78, 5) is 0. The molecule has 0 aromatic carbocycles. The van der Waals surface area contributed by atoms with Crippen molar-refractivity contribution in [2.45, 2.75) is 24.5 Å². The smallest absolute Gasteiger partial charge is 0.263 e. The van der Waals surface area contributed by atoms with Crippen LogP contribution < -0.4 is 0 Å². The highest BCUT2D eigenvalue weighted by Crippen LogP contribution is 2.26. The van der Waals surface area contributed by atoms with E-state index in [4.69, 9.17) is 0 Å². The number of hydrogen-bond acceptors (Lipinski definition) is 3. The van der Waals surface area contributed by atoms with Crippen LogP contribution >= 0.6 is 0 Å². The van der Waals surface area contributed by atoms with E-state index in [9.17, 15) is 34.8 Å². The number of hydrogen-bond donors (Lipinski definition) is 0. The molecular formula is C5H6F6O3S. The zero-order valence-corrected chi connectivity index (χ0v) is 7.84. The van der Waals surface area contributed by atoms with E-state index in [-0.39, 0.29) is 0 Å². The van der Waals surface area contributed by atoms with Crippen molar-refractivity contribution in [1.29, 1.82) is 0 Å². The predicted molar refractivity (Wildman–Crippen MR) is 36.2 cm³/mol. The van der Waals surface area contributed by atoms with Crippen molar-refractivity contribution in [3.05, 3.63) is 0 Å². The molecule has 0 aliphatic heterocycles. The summed E-state index contributed by atoms with van der Waals surface area (Å²) in [5, 5.41) is 0. The van der Waals surface area contributed by atoms with Gasteiger partial charge in [-0.2, -0.15) is 34.8 Å². The highest BCUT2D eigenvalue weighted by atomic mass is 32.2. The van der Waals surface area contributed by atoms with E-state index in [1.54, 1.807) is 0 Å². The molecule has 0 aromatic rings. The van der Waals surface area contributed by atoms with E-state index >= 15 is 0 Å². The van der Waals surface area contributed by atoms with Crippen LogP contribution in [0.4, 0.5) is 26.3 Å². The van der Waals surface area contributed by atoms with Crippen LogP contribution in [-0.4, -0.2) is 26.7 Å². The van der Waals surface area contributed by atoms with Crippen molar-refractivity contribution < 1.29 is 38.9 Å².